The third-order valence-electron chi connectivity index (χ3n) is 5.05. The van der Waals surface area contributed by atoms with Gasteiger partial charge in [0.25, 0.3) is 0 Å². The van der Waals surface area contributed by atoms with Crippen molar-refractivity contribution in [3.05, 3.63) is 71.8 Å². The summed E-state index contributed by atoms with van der Waals surface area (Å²) in [5.74, 6) is -0.0558. The first-order chi connectivity index (χ1) is 13.5. The summed E-state index contributed by atoms with van der Waals surface area (Å²) in [6.45, 7) is 6.44. The Bertz CT molecular complexity index is 731. The number of nitrogens with zero attached hydrogens (tertiary/aromatic N) is 1. The van der Waals surface area contributed by atoms with E-state index in [1.807, 2.05) is 81.4 Å². The van der Waals surface area contributed by atoms with Gasteiger partial charge in [-0.3, -0.25) is 9.59 Å². The van der Waals surface area contributed by atoms with Crippen molar-refractivity contribution < 1.29 is 9.59 Å². The van der Waals surface area contributed by atoms with Crippen molar-refractivity contribution >= 4 is 11.8 Å². The van der Waals surface area contributed by atoms with Crippen LogP contribution >= 0.6 is 0 Å². The number of carbonyl (C=O) groups is 2. The number of amides is 2. The number of nitrogens with one attached hydrogen (secondary N) is 1. The monoisotopic (exact) mass is 380 g/mol. The lowest BCUT2D eigenvalue weighted by Gasteiger charge is -2.31. The van der Waals surface area contributed by atoms with E-state index in [-0.39, 0.29) is 17.9 Å². The van der Waals surface area contributed by atoms with E-state index < -0.39 is 6.04 Å². The molecule has 2 amide bonds. The number of benzene rings is 2. The quantitative estimate of drug-likeness (QED) is 0.666. The Morgan fingerprint density at radius 2 is 1.46 bits per heavy atom. The van der Waals surface area contributed by atoms with Crippen LogP contribution in [-0.4, -0.2) is 28.8 Å². The fourth-order valence-electron chi connectivity index (χ4n) is 3.18. The van der Waals surface area contributed by atoms with E-state index >= 15 is 0 Å². The molecule has 0 fully saturated rings. The molecule has 0 radical (unpaired) electrons. The molecule has 0 aliphatic carbocycles. The Labute approximate surface area is 169 Å². The zero-order chi connectivity index (χ0) is 20.4. The lowest BCUT2D eigenvalue weighted by molar-refractivity contribution is -0.141. The smallest absolute Gasteiger partial charge is 0.243 e. The molecular formula is C24H32N2O2. The first-order valence-electron chi connectivity index (χ1n) is 10.2. The third-order valence-corrected chi connectivity index (χ3v) is 5.05. The molecule has 150 valence electrons. The second-order valence-corrected chi connectivity index (χ2v) is 7.23. The van der Waals surface area contributed by atoms with Crippen molar-refractivity contribution in [3.63, 3.8) is 0 Å². The average Bonchev–Trinajstić information content (AvgIpc) is 2.73. The number of hydrogen-bond donors (Lipinski definition) is 1. The van der Waals surface area contributed by atoms with Gasteiger partial charge in [0.2, 0.25) is 11.8 Å². The van der Waals surface area contributed by atoms with Crippen LogP contribution in [-0.2, 0) is 22.6 Å². The van der Waals surface area contributed by atoms with Crippen LogP contribution in [0.15, 0.2) is 60.7 Å². The molecule has 0 spiro atoms. The summed E-state index contributed by atoms with van der Waals surface area (Å²) in [7, 11) is 0. The first kappa shape index (κ1) is 21.7. The Morgan fingerprint density at radius 3 is 2.00 bits per heavy atom. The van der Waals surface area contributed by atoms with Crippen molar-refractivity contribution in [1.29, 1.82) is 0 Å². The van der Waals surface area contributed by atoms with E-state index in [9.17, 15) is 9.59 Å². The van der Waals surface area contributed by atoms with Gasteiger partial charge in [0.05, 0.1) is 0 Å². The molecule has 4 heteroatoms. The van der Waals surface area contributed by atoms with Crippen molar-refractivity contribution in [2.75, 3.05) is 0 Å². The number of carbonyl (C=O) groups excluding carboxylic acids is 2. The fraction of sp³-hybridized carbons (Fsp3) is 0.417. The van der Waals surface area contributed by atoms with Crippen LogP contribution in [0.25, 0.3) is 0 Å². The third kappa shape index (κ3) is 6.52. The minimum absolute atomic E-state index is 0.0128. The van der Waals surface area contributed by atoms with Crippen molar-refractivity contribution in [2.45, 2.75) is 65.1 Å². The molecule has 28 heavy (non-hydrogen) atoms. The molecule has 0 saturated heterocycles. The van der Waals surface area contributed by atoms with Gasteiger partial charge in [0.15, 0.2) is 0 Å². The highest BCUT2D eigenvalue weighted by Gasteiger charge is 2.28. The molecule has 0 aliphatic rings. The summed E-state index contributed by atoms with van der Waals surface area (Å²) in [6, 6.07) is 19.5. The SMILES string of the molecule is CC[C@H](C(=O)N[C@@H](C)CC)N(Cc1ccccc1)C(=O)CCc1ccccc1. The lowest BCUT2D eigenvalue weighted by atomic mass is 10.1. The summed E-state index contributed by atoms with van der Waals surface area (Å²) in [4.78, 5) is 27.7. The minimum atomic E-state index is -0.461. The van der Waals surface area contributed by atoms with Crippen LogP contribution in [0.3, 0.4) is 0 Å². The Morgan fingerprint density at radius 1 is 0.893 bits per heavy atom. The fourth-order valence-corrected chi connectivity index (χ4v) is 3.18. The van der Waals surface area contributed by atoms with Gasteiger partial charge in [-0.15, -0.1) is 0 Å². The summed E-state index contributed by atoms with van der Waals surface area (Å²) >= 11 is 0. The molecule has 0 heterocycles. The van der Waals surface area contributed by atoms with Crippen LogP contribution in [0.1, 0.15) is 51.2 Å². The van der Waals surface area contributed by atoms with E-state index in [0.717, 1.165) is 17.5 Å². The van der Waals surface area contributed by atoms with Gasteiger partial charge in [-0.05, 0) is 37.3 Å². The maximum atomic E-state index is 13.1. The van der Waals surface area contributed by atoms with Crippen LogP contribution in [0.2, 0.25) is 0 Å². The molecule has 4 nitrogen and oxygen atoms in total. The Hall–Kier alpha value is -2.62. The molecule has 0 aromatic heterocycles. The van der Waals surface area contributed by atoms with Crippen molar-refractivity contribution in [2.24, 2.45) is 0 Å². The van der Waals surface area contributed by atoms with Crippen LogP contribution < -0.4 is 5.32 Å². The first-order valence-corrected chi connectivity index (χ1v) is 10.2. The summed E-state index contributed by atoms with van der Waals surface area (Å²) in [5.41, 5.74) is 2.16. The van der Waals surface area contributed by atoms with E-state index in [2.05, 4.69) is 5.32 Å². The van der Waals surface area contributed by atoms with E-state index in [4.69, 9.17) is 0 Å². The molecule has 2 rings (SSSR count). The predicted molar refractivity (Wildman–Crippen MR) is 114 cm³/mol. The Balaban J connectivity index is 2.16. The van der Waals surface area contributed by atoms with Crippen molar-refractivity contribution in [3.8, 4) is 0 Å². The number of hydrogen-bond acceptors (Lipinski definition) is 2. The second-order valence-electron chi connectivity index (χ2n) is 7.23. The lowest BCUT2D eigenvalue weighted by Crippen LogP contribution is -2.50. The number of aryl methyl sites for hydroxylation is 1. The Kier molecular flexibility index (Phi) is 8.73. The molecule has 0 unspecified atom stereocenters. The van der Waals surface area contributed by atoms with Gasteiger partial charge >= 0.3 is 0 Å². The van der Waals surface area contributed by atoms with Crippen molar-refractivity contribution in [1.82, 2.24) is 10.2 Å². The molecule has 0 saturated carbocycles. The maximum absolute atomic E-state index is 13.1. The van der Waals surface area contributed by atoms with Gasteiger partial charge in [0.1, 0.15) is 6.04 Å². The molecule has 1 N–H and O–H groups in total. The molecule has 2 aromatic carbocycles. The van der Waals surface area contributed by atoms with Crippen LogP contribution in [0.4, 0.5) is 0 Å². The minimum Gasteiger partial charge on any atom is -0.352 e. The van der Waals surface area contributed by atoms with Gasteiger partial charge in [0, 0.05) is 19.0 Å². The number of rotatable bonds is 10. The average molecular weight is 381 g/mol. The molecule has 2 atom stereocenters. The zero-order valence-corrected chi connectivity index (χ0v) is 17.2. The van der Waals surface area contributed by atoms with Crippen LogP contribution in [0, 0.1) is 0 Å². The van der Waals surface area contributed by atoms with Gasteiger partial charge in [-0.2, -0.15) is 0 Å². The molecule has 0 bridgehead atoms. The predicted octanol–water partition coefficient (Wildman–Crippen LogP) is 4.34. The standard InChI is InChI=1S/C24H32N2O2/c1-4-19(3)25-24(28)22(5-2)26(18-21-14-10-7-11-15-21)23(27)17-16-20-12-8-6-9-13-20/h6-15,19,22H,4-5,16-18H2,1-3H3,(H,25,28)/t19-,22+/m0/s1. The highest BCUT2D eigenvalue weighted by Crippen LogP contribution is 2.15. The van der Waals surface area contributed by atoms with Gasteiger partial charge < -0.3 is 10.2 Å². The molecule has 0 aliphatic heterocycles. The van der Waals surface area contributed by atoms with Crippen LogP contribution in [0.5, 0.6) is 0 Å². The van der Waals surface area contributed by atoms with Gasteiger partial charge in [-0.1, -0.05) is 74.5 Å². The van der Waals surface area contributed by atoms with E-state index in [1.165, 1.54) is 0 Å². The normalized spacial score (nSPS) is 12.8. The van der Waals surface area contributed by atoms with E-state index in [0.29, 0.717) is 25.8 Å². The highest BCUT2D eigenvalue weighted by atomic mass is 16.2. The molecular weight excluding hydrogens is 348 g/mol. The summed E-state index contributed by atoms with van der Waals surface area (Å²) in [5, 5.41) is 3.04. The second kappa shape index (κ2) is 11.3. The topological polar surface area (TPSA) is 49.4 Å². The molecule has 2 aromatic rings. The largest absolute Gasteiger partial charge is 0.352 e. The van der Waals surface area contributed by atoms with Gasteiger partial charge in [-0.25, -0.2) is 0 Å². The maximum Gasteiger partial charge on any atom is 0.243 e. The van der Waals surface area contributed by atoms with E-state index in [1.54, 1.807) is 4.90 Å². The summed E-state index contributed by atoms with van der Waals surface area (Å²) in [6.07, 6.45) is 2.52. The highest BCUT2D eigenvalue weighted by molar-refractivity contribution is 5.87. The zero-order valence-electron chi connectivity index (χ0n) is 17.2. The summed E-state index contributed by atoms with van der Waals surface area (Å²) < 4.78 is 0.